The van der Waals surface area contributed by atoms with Gasteiger partial charge in [-0.1, -0.05) is 48.5 Å². The van der Waals surface area contributed by atoms with Gasteiger partial charge in [-0.25, -0.2) is 9.59 Å². The van der Waals surface area contributed by atoms with Crippen LogP contribution in [0, 0.1) is 0 Å². The molecule has 0 aliphatic carbocycles. The first kappa shape index (κ1) is 16.1. The van der Waals surface area contributed by atoms with Crippen LogP contribution in [0.2, 0.25) is 0 Å². The summed E-state index contributed by atoms with van der Waals surface area (Å²) < 4.78 is 10.8. The molecule has 4 rings (SSSR count). The third-order valence-electron chi connectivity index (χ3n) is 4.39. The van der Waals surface area contributed by atoms with Gasteiger partial charge in [0.2, 0.25) is 0 Å². The summed E-state index contributed by atoms with van der Waals surface area (Å²) in [5.74, 6) is -1.07. The molecular formula is C22H16O4. The van der Waals surface area contributed by atoms with Crippen molar-refractivity contribution in [2.75, 3.05) is 13.2 Å². The molecule has 1 heterocycles. The molecule has 0 aromatic heterocycles. The Morgan fingerprint density at radius 2 is 1.35 bits per heavy atom. The molecule has 0 amide bonds. The van der Waals surface area contributed by atoms with Crippen molar-refractivity contribution in [2.24, 2.45) is 0 Å². The third-order valence-corrected chi connectivity index (χ3v) is 4.39. The fraction of sp³-hybridized carbons (Fsp3) is 0.0909. The Bertz CT molecular complexity index is 1030. The lowest BCUT2D eigenvalue weighted by Crippen LogP contribution is -2.17. The molecule has 0 atom stereocenters. The highest BCUT2D eigenvalue weighted by molar-refractivity contribution is 6.03. The monoisotopic (exact) mass is 344 g/mol. The van der Waals surface area contributed by atoms with Gasteiger partial charge in [0, 0.05) is 0 Å². The van der Waals surface area contributed by atoms with Crippen molar-refractivity contribution in [1.29, 1.82) is 0 Å². The number of carbonyl (C=O) groups excluding carboxylic acids is 2. The quantitative estimate of drug-likeness (QED) is 0.619. The Hall–Kier alpha value is -3.40. The predicted octanol–water partition coefficient (Wildman–Crippen LogP) is 4.25. The summed E-state index contributed by atoms with van der Waals surface area (Å²) in [6.07, 6.45) is 1.78. The minimum Gasteiger partial charge on any atom is -0.458 e. The van der Waals surface area contributed by atoms with E-state index in [-0.39, 0.29) is 24.3 Å². The molecule has 4 heteroatoms. The molecule has 128 valence electrons. The van der Waals surface area contributed by atoms with Gasteiger partial charge in [0.15, 0.2) is 0 Å². The molecular weight excluding hydrogens is 328 g/mol. The van der Waals surface area contributed by atoms with Crippen LogP contribution in [0.15, 0.2) is 72.8 Å². The number of ether oxygens (including phenoxy) is 2. The highest BCUT2D eigenvalue weighted by Crippen LogP contribution is 2.23. The summed E-state index contributed by atoms with van der Waals surface area (Å²) >= 11 is 0. The van der Waals surface area contributed by atoms with E-state index in [0.29, 0.717) is 0 Å². The molecule has 1 aliphatic rings. The van der Waals surface area contributed by atoms with Gasteiger partial charge >= 0.3 is 11.9 Å². The zero-order valence-corrected chi connectivity index (χ0v) is 14.0. The Kier molecular flexibility index (Phi) is 4.23. The highest BCUT2D eigenvalue weighted by atomic mass is 16.5. The molecule has 1 aliphatic heterocycles. The summed E-state index contributed by atoms with van der Waals surface area (Å²) in [6.45, 7) is 0.232. The summed E-state index contributed by atoms with van der Waals surface area (Å²) in [6, 6.07) is 20.6. The largest absolute Gasteiger partial charge is 0.458 e. The fourth-order valence-corrected chi connectivity index (χ4v) is 3.01. The van der Waals surface area contributed by atoms with Crippen molar-refractivity contribution in [3.05, 3.63) is 89.5 Å². The van der Waals surface area contributed by atoms with Gasteiger partial charge in [0.1, 0.15) is 13.2 Å². The van der Waals surface area contributed by atoms with Crippen molar-refractivity contribution in [1.82, 2.24) is 0 Å². The Labute approximate surface area is 150 Å². The minimum atomic E-state index is -0.536. The number of hydrogen-bond donors (Lipinski definition) is 0. The maximum Gasteiger partial charge on any atom is 0.339 e. The van der Waals surface area contributed by atoms with Crippen LogP contribution in [0.3, 0.4) is 0 Å². The van der Waals surface area contributed by atoms with Gasteiger partial charge in [-0.2, -0.15) is 0 Å². The summed E-state index contributed by atoms with van der Waals surface area (Å²) in [4.78, 5) is 24.6. The molecule has 0 radical (unpaired) electrons. The second-order valence-corrected chi connectivity index (χ2v) is 6.01. The van der Waals surface area contributed by atoms with E-state index in [4.69, 9.17) is 9.47 Å². The second-order valence-electron chi connectivity index (χ2n) is 6.01. The van der Waals surface area contributed by atoms with Gasteiger partial charge < -0.3 is 9.47 Å². The SMILES string of the molecule is O=C1OC/C=C(/c2ccc3ccccc3c2)COC(=O)c2ccccc21. The van der Waals surface area contributed by atoms with Gasteiger partial charge in [0.05, 0.1) is 11.1 Å². The molecule has 3 aromatic carbocycles. The maximum atomic E-state index is 12.4. The molecule has 3 aromatic rings. The Morgan fingerprint density at radius 1 is 0.692 bits per heavy atom. The second kappa shape index (κ2) is 6.84. The number of cyclic esters (lactones) is 2. The van der Waals surface area contributed by atoms with Crippen molar-refractivity contribution in [2.45, 2.75) is 0 Å². The summed E-state index contributed by atoms with van der Waals surface area (Å²) in [7, 11) is 0. The van der Waals surface area contributed by atoms with Crippen molar-refractivity contribution >= 4 is 28.3 Å². The van der Waals surface area contributed by atoms with Crippen molar-refractivity contribution in [3.63, 3.8) is 0 Å². The van der Waals surface area contributed by atoms with E-state index in [1.165, 1.54) is 0 Å². The van der Waals surface area contributed by atoms with Crippen LogP contribution in [0.1, 0.15) is 26.3 Å². The van der Waals surface area contributed by atoms with Crippen LogP contribution in [-0.2, 0) is 9.47 Å². The van der Waals surface area contributed by atoms with E-state index in [0.717, 1.165) is 21.9 Å². The first-order chi connectivity index (χ1) is 12.7. The van der Waals surface area contributed by atoms with Crippen LogP contribution in [0.5, 0.6) is 0 Å². The molecule has 0 saturated carbocycles. The Morgan fingerprint density at radius 3 is 2.12 bits per heavy atom. The van der Waals surface area contributed by atoms with Gasteiger partial charge in [-0.3, -0.25) is 0 Å². The topological polar surface area (TPSA) is 52.6 Å². The van der Waals surface area contributed by atoms with Crippen LogP contribution in [0.4, 0.5) is 0 Å². The van der Waals surface area contributed by atoms with Gasteiger partial charge in [-0.05, 0) is 46.2 Å². The smallest absolute Gasteiger partial charge is 0.339 e. The maximum absolute atomic E-state index is 12.4. The molecule has 0 bridgehead atoms. The van der Waals surface area contributed by atoms with Crippen molar-refractivity contribution in [3.8, 4) is 0 Å². The lowest BCUT2D eigenvalue weighted by Gasteiger charge is -2.14. The number of fused-ring (bicyclic) bond motifs is 2. The fourth-order valence-electron chi connectivity index (χ4n) is 3.01. The average Bonchev–Trinajstić information content (AvgIpc) is 2.69. The van der Waals surface area contributed by atoms with E-state index < -0.39 is 11.9 Å². The van der Waals surface area contributed by atoms with E-state index in [1.54, 1.807) is 30.3 Å². The summed E-state index contributed by atoms with van der Waals surface area (Å²) in [5.41, 5.74) is 2.18. The van der Waals surface area contributed by atoms with Crippen LogP contribution >= 0.6 is 0 Å². The molecule has 26 heavy (non-hydrogen) atoms. The molecule has 0 unspecified atom stereocenters. The first-order valence-corrected chi connectivity index (χ1v) is 8.34. The lowest BCUT2D eigenvalue weighted by molar-refractivity contribution is 0.0495. The van der Waals surface area contributed by atoms with Gasteiger partial charge in [-0.15, -0.1) is 0 Å². The Balaban J connectivity index is 1.68. The normalized spacial score (nSPS) is 16.8. The van der Waals surface area contributed by atoms with Crippen LogP contribution < -0.4 is 0 Å². The van der Waals surface area contributed by atoms with Crippen LogP contribution in [-0.4, -0.2) is 25.2 Å². The van der Waals surface area contributed by atoms with E-state index in [2.05, 4.69) is 0 Å². The standard InChI is InChI=1S/C22H16O4/c23-21-19-7-3-4-8-20(19)22(24)26-14-18(11-12-25-21)17-10-9-15-5-1-2-6-16(15)13-17/h1-11,13H,12,14H2/b18-11+. The number of rotatable bonds is 1. The molecule has 4 nitrogen and oxygen atoms in total. The first-order valence-electron chi connectivity index (χ1n) is 8.34. The zero-order chi connectivity index (χ0) is 17.9. The number of carbonyl (C=O) groups is 2. The number of esters is 2. The van der Waals surface area contributed by atoms with Crippen molar-refractivity contribution < 1.29 is 19.1 Å². The molecule has 0 N–H and O–H groups in total. The molecule has 0 spiro atoms. The van der Waals surface area contributed by atoms with Crippen LogP contribution in [0.25, 0.3) is 16.3 Å². The van der Waals surface area contributed by atoms with Gasteiger partial charge in [0.25, 0.3) is 0 Å². The molecule has 0 saturated heterocycles. The lowest BCUT2D eigenvalue weighted by atomic mass is 10.0. The average molecular weight is 344 g/mol. The zero-order valence-electron chi connectivity index (χ0n) is 14.0. The van der Waals surface area contributed by atoms with E-state index in [9.17, 15) is 9.59 Å². The number of benzene rings is 3. The highest BCUT2D eigenvalue weighted by Gasteiger charge is 2.20. The predicted molar refractivity (Wildman–Crippen MR) is 98.9 cm³/mol. The summed E-state index contributed by atoms with van der Waals surface area (Å²) in [5, 5.41) is 2.23. The third kappa shape index (κ3) is 3.09. The molecule has 0 fully saturated rings. The van der Waals surface area contributed by atoms with E-state index >= 15 is 0 Å². The van der Waals surface area contributed by atoms with E-state index in [1.807, 2.05) is 42.5 Å². The minimum absolute atomic E-state index is 0.114. The number of hydrogen-bond acceptors (Lipinski definition) is 4.